The average molecular weight is 420 g/mol. The van der Waals surface area contributed by atoms with E-state index in [4.69, 9.17) is 0 Å². The number of carbonyl (C=O) groups excluding carboxylic acids is 3. The van der Waals surface area contributed by atoms with Crippen molar-refractivity contribution in [2.24, 2.45) is 0 Å². The van der Waals surface area contributed by atoms with E-state index in [1.165, 1.54) is 0 Å². The Bertz CT molecular complexity index is 1150. The first-order valence-electron chi connectivity index (χ1n) is 9.48. The van der Waals surface area contributed by atoms with Gasteiger partial charge in [0.1, 0.15) is 12.1 Å². The summed E-state index contributed by atoms with van der Waals surface area (Å²) < 4.78 is 0. The molecule has 1 atom stereocenters. The molecule has 1 saturated heterocycles. The lowest BCUT2D eigenvalue weighted by molar-refractivity contribution is -0.133. The van der Waals surface area contributed by atoms with Crippen LogP contribution in [0.25, 0.3) is 10.8 Å². The second-order valence-electron chi connectivity index (χ2n) is 7.29. The van der Waals surface area contributed by atoms with Crippen LogP contribution < -0.4 is 10.6 Å². The minimum absolute atomic E-state index is 0.349. The van der Waals surface area contributed by atoms with Crippen molar-refractivity contribution in [2.75, 3.05) is 18.1 Å². The quantitative estimate of drug-likeness (QED) is 0.485. The number of nitrogens with zero attached hydrogens (tertiary/aromatic N) is 1. The van der Waals surface area contributed by atoms with Crippen molar-refractivity contribution in [3.05, 3.63) is 72.3 Å². The Labute approximate surface area is 178 Å². The van der Waals surface area contributed by atoms with Crippen LogP contribution in [0.3, 0.4) is 0 Å². The third-order valence-electron chi connectivity index (χ3n) is 5.28. The summed E-state index contributed by atoms with van der Waals surface area (Å²) in [5.74, 6) is -0.881. The molecule has 0 unspecified atom stereocenters. The van der Waals surface area contributed by atoms with Gasteiger partial charge in [-0.15, -0.1) is 11.8 Å². The first-order valence-corrected chi connectivity index (χ1v) is 10.7. The van der Waals surface area contributed by atoms with Crippen molar-refractivity contribution in [1.82, 2.24) is 10.2 Å². The number of carbonyl (C=O) groups is 3. The van der Waals surface area contributed by atoms with E-state index < -0.39 is 23.4 Å². The summed E-state index contributed by atoms with van der Waals surface area (Å²) in [4.78, 5) is 40.1. The summed E-state index contributed by atoms with van der Waals surface area (Å²) in [7, 11) is 0. The van der Waals surface area contributed by atoms with Crippen molar-refractivity contribution in [1.29, 1.82) is 0 Å². The standard InChI is InChI=1S/C23H21N3O3S/c1-23(17-8-7-15-5-3-4-6-16(15)13-17)21(28)26(22(29)25-23)14-20(27)24-18-9-11-19(30-2)12-10-18/h3-13H,14H2,1-2H3,(H,24,27)(H,25,29)/t23-/m0/s1. The SMILES string of the molecule is CSc1ccc(NC(=O)CN2C(=O)N[C@@](C)(c3ccc4ccccc4c3)C2=O)cc1. The second-order valence-corrected chi connectivity index (χ2v) is 8.16. The van der Waals surface area contributed by atoms with Gasteiger partial charge in [0.05, 0.1) is 0 Å². The van der Waals surface area contributed by atoms with Gasteiger partial charge in [-0.2, -0.15) is 0 Å². The van der Waals surface area contributed by atoms with Gasteiger partial charge in [-0.25, -0.2) is 4.79 Å². The van der Waals surface area contributed by atoms with Crippen LogP contribution in [0, 0.1) is 0 Å². The number of fused-ring (bicyclic) bond motifs is 1. The minimum Gasteiger partial charge on any atom is -0.325 e. The zero-order chi connectivity index (χ0) is 21.3. The lowest BCUT2D eigenvalue weighted by Gasteiger charge is -2.22. The van der Waals surface area contributed by atoms with Crippen LogP contribution in [-0.4, -0.2) is 35.5 Å². The number of nitrogens with one attached hydrogen (secondary N) is 2. The predicted octanol–water partition coefficient (Wildman–Crippen LogP) is 3.97. The molecule has 0 aliphatic carbocycles. The van der Waals surface area contributed by atoms with Gasteiger partial charge in [0.15, 0.2) is 0 Å². The summed E-state index contributed by atoms with van der Waals surface area (Å²) in [6.07, 6.45) is 1.97. The predicted molar refractivity (Wildman–Crippen MR) is 118 cm³/mol. The molecule has 1 fully saturated rings. The molecule has 1 heterocycles. The monoisotopic (exact) mass is 419 g/mol. The molecule has 1 aliphatic rings. The molecule has 0 bridgehead atoms. The summed E-state index contributed by atoms with van der Waals surface area (Å²) in [6.45, 7) is 1.31. The number of amides is 4. The van der Waals surface area contributed by atoms with Gasteiger partial charge in [-0.3, -0.25) is 14.5 Å². The number of benzene rings is 3. The van der Waals surface area contributed by atoms with E-state index in [1.807, 2.05) is 60.9 Å². The van der Waals surface area contributed by atoms with Gasteiger partial charge in [-0.05, 0) is 59.8 Å². The highest BCUT2D eigenvalue weighted by molar-refractivity contribution is 7.98. The van der Waals surface area contributed by atoms with Crippen LogP contribution in [0.2, 0.25) is 0 Å². The van der Waals surface area contributed by atoms with Gasteiger partial charge in [0, 0.05) is 10.6 Å². The van der Waals surface area contributed by atoms with Crippen LogP contribution >= 0.6 is 11.8 Å². The Balaban J connectivity index is 1.51. The molecule has 0 spiro atoms. The van der Waals surface area contributed by atoms with Gasteiger partial charge in [0.2, 0.25) is 5.91 Å². The zero-order valence-electron chi connectivity index (χ0n) is 16.6. The van der Waals surface area contributed by atoms with E-state index >= 15 is 0 Å². The highest BCUT2D eigenvalue weighted by Crippen LogP contribution is 2.31. The Kier molecular flexibility index (Phi) is 5.22. The third kappa shape index (κ3) is 3.64. The topological polar surface area (TPSA) is 78.5 Å². The maximum absolute atomic E-state index is 13.1. The molecule has 152 valence electrons. The Morgan fingerprint density at radius 3 is 2.43 bits per heavy atom. The molecular formula is C23H21N3O3S. The minimum atomic E-state index is -1.22. The molecular weight excluding hydrogens is 398 g/mol. The van der Waals surface area contributed by atoms with E-state index in [0.29, 0.717) is 11.3 Å². The molecule has 6 nitrogen and oxygen atoms in total. The Morgan fingerprint density at radius 1 is 1.03 bits per heavy atom. The lowest BCUT2D eigenvalue weighted by Crippen LogP contribution is -2.42. The largest absolute Gasteiger partial charge is 0.325 e. The molecule has 4 amide bonds. The van der Waals surface area contributed by atoms with Crippen molar-refractivity contribution >= 4 is 46.1 Å². The van der Waals surface area contributed by atoms with E-state index in [-0.39, 0.29) is 6.54 Å². The van der Waals surface area contributed by atoms with Crippen LogP contribution in [0.5, 0.6) is 0 Å². The maximum atomic E-state index is 13.1. The fourth-order valence-electron chi connectivity index (χ4n) is 3.56. The van der Waals surface area contributed by atoms with Crippen molar-refractivity contribution in [3.8, 4) is 0 Å². The molecule has 30 heavy (non-hydrogen) atoms. The summed E-state index contributed by atoms with van der Waals surface area (Å²) in [5.41, 5.74) is 0.0683. The van der Waals surface area contributed by atoms with E-state index in [0.717, 1.165) is 20.6 Å². The number of hydrogen-bond donors (Lipinski definition) is 2. The first kappa shape index (κ1) is 20.0. The highest BCUT2D eigenvalue weighted by atomic mass is 32.2. The fraction of sp³-hybridized carbons (Fsp3) is 0.174. The number of urea groups is 1. The third-order valence-corrected chi connectivity index (χ3v) is 6.02. The number of anilines is 1. The first-order chi connectivity index (χ1) is 14.4. The van der Waals surface area contributed by atoms with Crippen molar-refractivity contribution < 1.29 is 14.4 Å². The highest BCUT2D eigenvalue weighted by Gasteiger charge is 2.49. The average Bonchev–Trinajstić information content (AvgIpc) is 2.98. The summed E-state index contributed by atoms with van der Waals surface area (Å²) >= 11 is 1.60. The number of imide groups is 1. The van der Waals surface area contributed by atoms with E-state index in [9.17, 15) is 14.4 Å². The molecule has 3 aromatic carbocycles. The number of thioether (sulfide) groups is 1. The van der Waals surface area contributed by atoms with Gasteiger partial charge in [0.25, 0.3) is 5.91 Å². The molecule has 0 radical (unpaired) electrons. The maximum Gasteiger partial charge on any atom is 0.325 e. The fourth-order valence-corrected chi connectivity index (χ4v) is 3.96. The van der Waals surface area contributed by atoms with Crippen LogP contribution in [0.4, 0.5) is 10.5 Å². The van der Waals surface area contributed by atoms with Crippen LogP contribution in [-0.2, 0) is 15.1 Å². The number of rotatable bonds is 5. The molecule has 2 N–H and O–H groups in total. The smallest absolute Gasteiger partial charge is 0.325 e. The Morgan fingerprint density at radius 2 is 1.73 bits per heavy atom. The number of hydrogen-bond acceptors (Lipinski definition) is 4. The van der Waals surface area contributed by atoms with Crippen LogP contribution in [0.15, 0.2) is 71.6 Å². The van der Waals surface area contributed by atoms with E-state index in [2.05, 4.69) is 10.6 Å². The summed E-state index contributed by atoms with van der Waals surface area (Å²) in [6, 6.07) is 20.2. The van der Waals surface area contributed by atoms with Crippen molar-refractivity contribution in [3.63, 3.8) is 0 Å². The van der Waals surface area contributed by atoms with Gasteiger partial charge < -0.3 is 10.6 Å². The normalized spacial score (nSPS) is 18.5. The lowest BCUT2D eigenvalue weighted by atomic mass is 9.90. The van der Waals surface area contributed by atoms with E-state index in [1.54, 1.807) is 30.8 Å². The molecule has 0 aromatic heterocycles. The molecule has 3 aromatic rings. The van der Waals surface area contributed by atoms with Gasteiger partial charge in [-0.1, -0.05) is 36.4 Å². The summed E-state index contributed by atoms with van der Waals surface area (Å²) in [5, 5.41) is 7.50. The molecule has 4 rings (SSSR count). The second kappa shape index (κ2) is 7.84. The molecule has 0 saturated carbocycles. The molecule has 1 aliphatic heterocycles. The van der Waals surface area contributed by atoms with Crippen LogP contribution in [0.1, 0.15) is 12.5 Å². The van der Waals surface area contributed by atoms with Crippen molar-refractivity contribution in [2.45, 2.75) is 17.4 Å². The Hall–Kier alpha value is -3.32. The zero-order valence-corrected chi connectivity index (χ0v) is 17.5. The van der Waals surface area contributed by atoms with Gasteiger partial charge >= 0.3 is 6.03 Å². The molecule has 7 heteroatoms.